The maximum absolute atomic E-state index is 13.7. The maximum Gasteiger partial charge on any atom is 0.241 e. The SMILES string of the molecule is C[C@H](O)c1c(F)cccc1N(C)CC(=O)N(C)C. The standard InChI is InChI=1S/C13H19FN2O2/c1-9(17)13-10(14)6-5-7-11(13)16(4)8-12(18)15(2)3/h5-7,9,17H,8H2,1-4H3/t9-/m0/s1. The molecule has 0 aliphatic heterocycles. The summed E-state index contributed by atoms with van der Waals surface area (Å²) in [4.78, 5) is 14.7. The Morgan fingerprint density at radius 3 is 2.50 bits per heavy atom. The zero-order valence-electron chi connectivity index (χ0n) is 11.1. The highest BCUT2D eigenvalue weighted by Crippen LogP contribution is 2.28. The van der Waals surface area contributed by atoms with Crippen molar-refractivity contribution in [3.63, 3.8) is 0 Å². The second-order valence-corrected chi connectivity index (χ2v) is 4.49. The van der Waals surface area contributed by atoms with Crippen molar-refractivity contribution in [1.29, 1.82) is 0 Å². The first-order valence-corrected chi connectivity index (χ1v) is 5.72. The van der Waals surface area contributed by atoms with Crippen molar-refractivity contribution in [3.05, 3.63) is 29.6 Å². The molecule has 0 fully saturated rings. The summed E-state index contributed by atoms with van der Waals surface area (Å²) >= 11 is 0. The third-order valence-corrected chi connectivity index (χ3v) is 2.73. The number of carbonyl (C=O) groups is 1. The number of aliphatic hydroxyl groups is 1. The van der Waals surface area contributed by atoms with Gasteiger partial charge in [0.15, 0.2) is 0 Å². The van der Waals surface area contributed by atoms with E-state index in [0.29, 0.717) is 5.69 Å². The second-order valence-electron chi connectivity index (χ2n) is 4.49. The molecule has 0 unspecified atom stereocenters. The Balaban J connectivity index is 3.02. The lowest BCUT2D eigenvalue weighted by Crippen LogP contribution is -2.35. The molecule has 0 radical (unpaired) electrons. The summed E-state index contributed by atoms with van der Waals surface area (Å²) < 4.78 is 13.7. The van der Waals surface area contributed by atoms with Gasteiger partial charge < -0.3 is 14.9 Å². The molecule has 5 heteroatoms. The number of hydrogen-bond donors (Lipinski definition) is 1. The third kappa shape index (κ3) is 3.20. The van der Waals surface area contributed by atoms with Crippen molar-refractivity contribution in [3.8, 4) is 0 Å². The van der Waals surface area contributed by atoms with Gasteiger partial charge in [0, 0.05) is 32.4 Å². The number of amides is 1. The van der Waals surface area contributed by atoms with Crippen molar-refractivity contribution in [1.82, 2.24) is 4.90 Å². The Morgan fingerprint density at radius 1 is 1.39 bits per heavy atom. The summed E-state index contributed by atoms with van der Waals surface area (Å²) in [5.74, 6) is -0.551. The molecule has 0 saturated heterocycles. The van der Waals surface area contributed by atoms with Gasteiger partial charge in [-0.15, -0.1) is 0 Å². The number of halogens is 1. The fourth-order valence-corrected chi connectivity index (χ4v) is 1.70. The lowest BCUT2D eigenvalue weighted by Gasteiger charge is -2.24. The summed E-state index contributed by atoms with van der Waals surface area (Å²) in [5, 5.41) is 9.62. The van der Waals surface area contributed by atoms with Crippen LogP contribution in [0.3, 0.4) is 0 Å². The molecule has 0 aliphatic rings. The molecule has 0 saturated carbocycles. The Morgan fingerprint density at radius 2 is 2.00 bits per heavy atom. The molecule has 0 spiro atoms. The first-order valence-electron chi connectivity index (χ1n) is 5.72. The van der Waals surface area contributed by atoms with Gasteiger partial charge in [0.25, 0.3) is 0 Å². The number of carbonyl (C=O) groups excluding carboxylic acids is 1. The van der Waals surface area contributed by atoms with Crippen LogP contribution in [0.4, 0.5) is 10.1 Å². The number of rotatable bonds is 4. The Bertz CT molecular complexity index is 433. The van der Waals surface area contributed by atoms with E-state index >= 15 is 0 Å². The molecule has 0 bridgehead atoms. The molecule has 0 aromatic heterocycles. The smallest absolute Gasteiger partial charge is 0.241 e. The van der Waals surface area contributed by atoms with E-state index in [4.69, 9.17) is 0 Å². The minimum absolute atomic E-state index is 0.0849. The van der Waals surface area contributed by atoms with Gasteiger partial charge >= 0.3 is 0 Å². The molecule has 1 aromatic carbocycles. The van der Waals surface area contributed by atoms with Crippen LogP contribution < -0.4 is 4.90 Å². The van der Waals surface area contributed by atoms with Gasteiger partial charge in [-0.05, 0) is 19.1 Å². The van der Waals surface area contributed by atoms with Crippen LogP contribution in [0.25, 0.3) is 0 Å². The second kappa shape index (κ2) is 5.82. The molecule has 0 aliphatic carbocycles. The summed E-state index contributed by atoms with van der Waals surface area (Å²) in [6.07, 6.45) is -0.918. The Hall–Kier alpha value is -1.62. The van der Waals surface area contributed by atoms with E-state index in [9.17, 15) is 14.3 Å². The van der Waals surface area contributed by atoms with Gasteiger partial charge in [0.2, 0.25) is 5.91 Å². The molecule has 0 heterocycles. The summed E-state index contributed by atoms with van der Waals surface area (Å²) in [6, 6.07) is 4.55. The molecule has 1 rings (SSSR count). The van der Waals surface area contributed by atoms with Crippen molar-refractivity contribution in [2.45, 2.75) is 13.0 Å². The monoisotopic (exact) mass is 254 g/mol. The van der Waals surface area contributed by atoms with Crippen molar-refractivity contribution in [2.24, 2.45) is 0 Å². The van der Waals surface area contributed by atoms with Gasteiger partial charge in [-0.3, -0.25) is 4.79 Å². The number of aliphatic hydroxyl groups excluding tert-OH is 1. The normalized spacial score (nSPS) is 12.1. The predicted molar refractivity (Wildman–Crippen MR) is 69.0 cm³/mol. The fraction of sp³-hybridized carbons (Fsp3) is 0.462. The zero-order chi connectivity index (χ0) is 13.9. The highest BCUT2D eigenvalue weighted by Gasteiger charge is 2.18. The van der Waals surface area contributed by atoms with E-state index in [2.05, 4.69) is 0 Å². The third-order valence-electron chi connectivity index (χ3n) is 2.73. The van der Waals surface area contributed by atoms with E-state index in [1.807, 2.05) is 0 Å². The minimum Gasteiger partial charge on any atom is -0.389 e. The number of likely N-dealkylation sites (N-methyl/N-ethyl adjacent to an activating group) is 2. The molecule has 1 N–H and O–H groups in total. The highest BCUT2D eigenvalue weighted by molar-refractivity contribution is 5.81. The van der Waals surface area contributed by atoms with Gasteiger partial charge in [0.1, 0.15) is 5.82 Å². The van der Waals surface area contributed by atoms with Gasteiger partial charge in [-0.2, -0.15) is 0 Å². The topological polar surface area (TPSA) is 43.8 Å². The maximum atomic E-state index is 13.7. The minimum atomic E-state index is -0.918. The largest absolute Gasteiger partial charge is 0.389 e. The average Bonchev–Trinajstić information content (AvgIpc) is 2.27. The zero-order valence-corrected chi connectivity index (χ0v) is 11.1. The lowest BCUT2D eigenvalue weighted by atomic mass is 10.1. The van der Waals surface area contributed by atoms with E-state index in [0.717, 1.165) is 0 Å². The molecule has 100 valence electrons. The van der Waals surface area contributed by atoms with Crippen molar-refractivity contribution in [2.75, 3.05) is 32.6 Å². The van der Waals surface area contributed by atoms with Crippen LogP contribution in [0.1, 0.15) is 18.6 Å². The van der Waals surface area contributed by atoms with Gasteiger partial charge in [0.05, 0.1) is 12.6 Å². The first-order chi connectivity index (χ1) is 8.34. The molecular formula is C13H19FN2O2. The van der Waals surface area contributed by atoms with Crippen molar-refractivity contribution < 1.29 is 14.3 Å². The summed E-state index contributed by atoms with van der Waals surface area (Å²) in [5.41, 5.74) is 0.742. The van der Waals surface area contributed by atoms with Crippen LogP contribution in [-0.4, -0.2) is 43.6 Å². The molecule has 18 heavy (non-hydrogen) atoms. The molecule has 1 amide bonds. The quantitative estimate of drug-likeness (QED) is 0.883. The van der Waals surface area contributed by atoms with Crippen LogP contribution in [0, 0.1) is 5.82 Å². The van der Waals surface area contributed by atoms with Crippen LogP contribution in [0.15, 0.2) is 18.2 Å². The lowest BCUT2D eigenvalue weighted by molar-refractivity contribution is -0.127. The fourth-order valence-electron chi connectivity index (χ4n) is 1.70. The summed E-state index contributed by atoms with van der Waals surface area (Å²) in [6.45, 7) is 1.64. The van der Waals surface area contributed by atoms with Crippen LogP contribution in [-0.2, 0) is 4.79 Å². The number of anilines is 1. The average molecular weight is 254 g/mol. The molecular weight excluding hydrogens is 235 g/mol. The Kier molecular flexibility index (Phi) is 4.67. The predicted octanol–water partition coefficient (Wildman–Crippen LogP) is 1.40. The van der Waals surface area contributed by atoms with Crippen LogP contribution in [0.2, 0.25) is 0 Å². The number of nitrogens with zero attached hydrogens (tertiary/aromatic N) is 2. The molecule has 1 aromatic rings. The van der Waals surface area contributed by atoms with Crippen LogP contribution >= 0.6 is 0 Å². The highest BCUT2D eigenvalue weighted by atomic mass is 19.1. The van der Waals surface area contributed by atoms with Gasteiger partial charge in [-0.25, -0.2) is 4.39 Å². The van der Waals surface area contributed by atoms with E-state index in [-0.39, 0.29) is 18.0 Å². The first kappa shape index (κ1) is 14.4. The van der Waals surface area contributed by atoms with E-state index < -0.39 is 11.9 Å². The van der Waals surface area contributed by atoms with Crippen LogP contribution in [0.5, 0.6) is 0 Å². The molecule has 1 atom stereocenters. The number of hydrogen-bond acceptors (Lipinski definition) is 3. The van der Waals surface area contributed by atoms with E-state index in [1.54, 1.807) is 38.2 Å². The number of benzene rings is 1. The van der Waals surface area contributed by atoms with Crippen molar-refractivity contribution >= 4 is 11.6 Å². The van der Waals surface area contributed by atoms with E-state index in [1.165, 1.54) is 17.9 Å². The Labute approximate surface area is 107 Å². The van der Waals surface area contributed by atoms with Gasteiger partial charge in [-0.1, -0.05) is 6.07 Å². The summed E-state index contributed by atoms with van der Waals surface area (Å²) in [7, 11) is 5.02. The molecule has 4 nitrogen and oxygen atoms in total.